The maximum atomic E-state index is 12.5. The van der Waals surface area contributed by atoms with Crippen LogP contribution in [0.3, 0.4) is 0 Å². The molecule has 2 aliphatic heterocycles. The number of hydrogen-bond donors (Lipinski definition) is 1. The van der Waals surface area contributed by atoms with E-state index in [9.17, 15) is 14.4 Å². The second kappa shape index (κ2) is 11.5. The molecule has 0 aromatic heterocycles. The lowest BCUT2D eigenvalue weighted by atomic mass is 10.2. The lowest BCUT2D eigenvalue weighted by Crippen LogP contribution is -2.52. The van der Waals surface area contributed by atoms with E-state index in [-0.39, 0.29) is 24.6 Å². The molecule has 0 radical (unpaired) electrons. The summed E-state index contributed by atoms with van der Waals surface area (Å²) in [7, 11) is 0. The van der Waals surface area contributed by atoms with Crippen molar-refractivity contribution in [1.82, 2.24) is 9.80 Å². The Bertz CT molecular complexity index is 968. The number of carbonyl (C=O) groups is 3. The van der Waals surface area contributed by atoms with Crippen molar-refractivity contribution in [3.05, 3.63) is 60.2 Å². The van der Waals surface area contributed by atoms with Crippen LogP contribution in [0.1, 0.15) is 23.2 Å². The van der Waals surface area contributed by atoms with Crippen LogP contribution in [-0.4, -0.2) is 79.8 Å². The Balaban J connectivity index is 1.16. The number of para-hydroxylation sites is 1. The number of carbonyl (C=O) groups excluding carboxylic acids is 3. The van der Waals surface area contributed by atoms with Crippen LogP contribution in [-0.2, 0) is 14.3 Å². The number of esters is 1. The van der Waals surface area contributed by atoms with Gasteiger partial charge < -0.3 is 29.3 Å². The maximum Gasteiger partial charge on any atom is 0.338 e. The van der Waals surface area contributed by atoms with Crippen LogP contribution < -0.4 is 10.1 Å². The van der Waals surface area contributed by atoms with Gasteiger partial charge in [-0.1, -0.05) is 18.2 Å². The fourth-order valence-corrected chi connectivity index (χ4v) is 3.84. The summed E-state index contributed by atoms with van der Waals surface area (Å²) in [5.41, 5.74) is 1.07. The van der Waals surface area contributed by atoms with Gasteiger partial charge in [0.1, 0.15) is 12.4 Å². The summed E-state index contributed by atoms with van der Waals surface area (Å²) in [4.78, 5) is 40.4. The van der Waals surface area contributed by atoms with Gasteiger partial charge in [-0.05, 0) is 49.2 Å². The first-order valence-corrected chi connectivity index (χ1v) is 11.5. The van der Waals surface area contributed by atoms with E-state index in [2.05, 4.69) is 5.32 Å². The largest absolute Gasteiger partial charge is 0.491 e. The number of ether oxygens (including phenoxy) is 3. The average Bonchev–Trinajstić information content (AvgIpc) is 3.40. The van der Waals surface area contributed by atoms with Crippen LogP contribution in [0, 0.1) is 0 Å². The lowest BCUT2D eigenvalue weighted by Gasteiger charge is -2.34. The highest BCUT2D eigenvalue weighted by molar-refractivity contribution is 5.92. The van der Waals surface area contributed by atoms with Gasteiger partial charge in [-0.25, -0.2) is 9.59 Å². The Morgan fingerprint density at radius 2 is 1.65 bits per heavy atom. The second-order valence-corrected chi connectivity index (χ2v) is 8.21. The smallest absolute Gasteiger partial charge is 0.338 e. The highest BCUT2D eigenvalue weighted by atomic mass is 16.5. The van der Waals surface area contributed by atoms with Crippen LogP contribution in [0.4, 0.5) is 10.5 Å². The van der Waals surface area contributed by atoms with E-state index in [1.807, 2.05) is 30.3 Å². The van der Waals surface area contributed by atoms with Gasteiger partial charge in [-0.2, -0.15) is 0 Å². The summed E-state index contributed by atoms with van der Waals surface area (Å²) in [6, 6.07) is 15.6. The van der Waals surface area contributed by atoms with E-state index in [0.29, 0.717) is 44.1 Å². The summed E-state index contributed by atoms with van der Waals surface area (Å²) in [5.74, 6) is -0.204. The molecule has 180 valence electrons. The Morgan fingerprint density at radius 1 is 0.941 bits per heavy atom. The number of urea groups is 1. The van der Waals surface area contributed by atoms with Gasteiger partial charge in [0.2, 0.25) is 0 Å². The van der Waals surface area contributed by atoms with Crippen LogP contribution in [0.25, 0.3) is 0 Å². The van der Waals surface area contributed by atoms with E-state index >= 15 is 0 Å². The van der Waals surface area contributed by atoms with Crippen molar-refractivity contribution in [2.45, 2.75) is 18.9 Å². The minimum Gasteiger partial charge on any atom is -0.491 e. The highest BCUT2D eigenvalue weighted by Gasteiger charge is 2.25. The number of nitrogens with one attached hydrogen (secondary N) is 1. The van der Waals surface area contributed by atoms with E-state index in [4.69, 9.17) is 14.2 Å². The Labute approximate surface area is 198 Å². The third-order valence-electron chi connectivity index (χ3n) is 5.82. The van der Waals surface area contributed by atoms with Crippen molar-refractivity contribution in [3.8, 4) is 5.75 Å². The lowest BCUT2D eigenvalue weighted by molar-refractivity contribution is -0.135. The third kappa shape index (κ3) is 6.48. The summed E-state index contributed by atoms with van der Waals surface area (Å²) >= 11 is 0. The fraction of sp³-hybridized carbons (Fsp3) is 0.400. The molecule has 0 aliphatic carbocycles. The number of anilines is 1. The van der Waals surface area contributed by atoms with E-state index in [0.717, 1.165) is 25.1 Å². The summed E-state index contributed by atoms with van der Waals surface area (Å²) in [5, 5.41) is 2.84. The second-order valence-electron chi connectivity index (χ2n) is 8.21. The minimum atomic E-state index is -0.570. The van der Waals surface area contributed by atoms with Gasteiger partial charge in [0.05, 0.1) is 11.7 Å². The number of benzene rings is 2. The molecule has 0 spiro atoms. The van der Waals surface area contributed by atoms with Gasteiger partial charge in [-0.15, -0.1) is 0 Å². The summed E-state index contributed by atoms with van der Waals surface area (Å²) in [6.07, 6.45) is 2.17. The molecule has 9 nitrogen and oxygen atoms in total. The molecular formula is C25H29N3O6. The number of hydrogen-bond acceptors (Lipinski definition) is 6. The average molecular weight is 468 g/mol. The van der Waals surface area contributed by atoms with Gasteiger partial charge >= 0.3 is 12.0 Å². The molecular weight excluding hydrogens is 438 g/mol. The predicted octanol–water partition coefficient (Wildman–Crippen LogP) is 2.78. The van der Waals surface area contributed by atoms with Crippen LogP contribution >= 0.6 is 0 Å². The first-order chi connectivity index (χ1) is 16.6. The molecule has 2 fully saturated rings. The Morgan fingerprint density at radius 3 is 2.32 bits per heavy atom. The molecule has 1 atom stereocenters. The molecule has 2 aromatic carbocycles. The maximum absolute atomic E-state index is 12.5. The topological polar surface area (TPSA) is 97.4 Å². The number of nitrogens with zero attached hydrogens (tertiary/aromatic N) is 2. The van der Waals surface area contributed by atoms with Crippen molar-refractivity contribution in [2.24, 2.45) is 0 Å². The molecule has 4 rings (SSSR count). The molecule has 1 unspecified atom stereocenters. The van der Waals surface area contributed by atoms with Crippen molar-refractivity contribution in [2.75, 3.05) is 51.3 Å². The molecule has 3 amide bonds. The van der Waals surface area contributed by atoms with Crippen LogP contribution in [0.5, 0.6) is 5.75 Å². The Hall–Kier alpha value is -3.59. The molecule has 2 aromatic rings. The number of amides is 3. The van der Waals surface area contributed by atoms with Crippen molar-refractivity contribution < 1.29 is 28.6 Å². The van der Waals surface area contributed by atoms with Gasteiger partial charge in [-0.3, -0.25) is 4.79 Å². The van der Waals surface area contributed by atoms with Crippen LogP contribution in [0.2, 0.25) is 0 Å². The number of rotatable bonds is 7. The van der Waals surface area contributed by atoms with Gasteiger partial charge in [0.15, 0.2) is 6.61 Å². The van der Waals surface area contributed by atoms with E-state index in [1.165, 1.54) is 0 Å². The number of piperazine rings is 1. The molecule has 34 heavy (non-hydrogen) atoms. The predicted molar refractivity (Wildman–Crippen MR) is 125 cm³/mol. The molecule has 0 bridgehead atoms. The SMILES string of the molecule is O=C(OCC(=O)N1CCN(C(=O)Nc2ccccc2)CC1)c1ccc(OCC2CCCO2)cc1. The molecule has 9 heteroatoms. The molecule has 0 saturated carbocycles. The molecule has 2 heterocycles. The molecule has 1 N–H and O–H groups in total. The fourth-order valence-electron chi connectivity index (χ4n) is 3.84. The standard InChI is InChI=1S/C25H29N3O6/c29-23(27-12-14-28(15-13-27)25(31)26-20-5-2-1-3-6-20)18-34-24(30)19-8-10-21(11-9-19)33-17-22-7-4-16-32-22/h1-3,5-6,8-11,22H,4,7,12-18H2,(H,26,31). The summed E-state index contributed by atoms with van der Waals surface area (Å²) in [6.45, 7) is 2.50. The van der Waals surface area contributed by atoms with Gasteiger partial charge in [0.25, 0.3) is 5.91 Å². The van der Waals surface area contributed by atoms with Crippen LogP contribution in [0.15, 0.2) is 54.6 Å². The first kappa shape index (κ1) is 23.6. The summed E-state index contributed by atoms with van der Waals surface area (Å²) < 4.78 is 16.4. The zero-order chi connectivity index (χ0) is 23.8. The molecule has 2 saturated heterocycles. The quantitative estimate of drug-likeness (QED) is 0.629. The van der Waals surface area contributed by atoms with Crippen molar-refractivity contribution in [3.63, 3.8) is 0 Å². The van der Waals surface area contributed by atoms with E-state index < -0.39 is 5.97 Å². The highest BCUT2D eigenvalue weighted by Crippen LogP contribution is 2.17. The van der Waals surface area contributed by atoms with Crippen molar-refractivity contribution in [1.29, 1.82) is 0 Å². The molecule has 2 aliphatic rings. The van der Waals surface area contributed by atoms with E-state index in [1.54, 1.807) is 34.1 Å². The minimum absolute atomic E-state index is 0.121. The van der Waals surface area contributed by atoms with Crippen molar-refractivity contribution >= 4 is 23.6 Å². The zero-order valence-corrected chi connectivity index (χ0v) is 19.0. The monoisotopic (exact) mass is 467 g/mol. The Kier molecular flexibility index (Phi) is 7.98. The van der Waals surface area contributed by atoms with Gasteiger partial charge in [0, 0.05) is 38.5 Å². The normalized spacial score (nSPS) is 17.8. The zero-order valence-electron chi connectivity index (χ0n) is 19.0. The third-order valence-corrected chi connectivity index (χ3v) is 5.82. The first-order valence-electron chi connectivity index (χ1n) is 11.5.